The summed E-state index contributed by atoms with van der Waals surface area (Å²) in [5.74, 6) is 0. The van der Waals surface area contributed by atoms with E-state index in [9.17, 15) is 0 Å². The fourth-order valence-corrected chi connectivity index (χ4v) is 2.93. The second-order valence-corrected chi connectivity index (χ2v) is 5.72. The van der Waals surface area contributed by atoms with Crippen molar-refractivity contribution in [1.29, 1.82) is 0 Å². The number of hydrogen-bond donors (Lipinski definition) is 1. The Bertz CT molecular complexity index is 504. The minimum absolute atomic E-state index is 0.291. The lowest BCUT2D eigenvalue weighted by molar-refractivity contribution is 0.465. The zero-order valence-corrected chi connectivity index (χ0v) is 13.6. The third-order valence-corrected chi connectivity index (χ3v) is 3.93. The monoisotopic (exact) mass is 336 g/mol. The molecule has 0 aliphatic rings. The number of pyridine rings is 1. The molecule has 0 amide bonds. The fraction of sp³-hybridized carbons (Fsp3) is 0.467. The summed E-state index contributed by atoms with van der Waals surface area (Å²) in [5.41, 5.74) is 2.34. The highest BCUT2D eigenvalue weighted by molar-refractivity contribution is 9.10. The molecule has 0 bridgehead atoms. The molecule has 1 unspecified atom stereocenters. The molecule has 1 atom stereocenters. The zero-order chi connectivity index (χ0) is 14.4. The molecule has 2 rings (SSSR count). The maximum Gasteiger partial charge on any atom is 0.0692 e. The first-order valence-electron chi connectivity index (χ1n) is 7.03. The van der Waals surface area contributed by atoms with Crippen molar-refractivity contribution >= 4 is 15.9 Å². The van der Waals surface area contributed by atoms with E-state index < -0.39 is 0 Å². The van der Waals surface area contributed by atoms with Crippen LogP contribution in [0.25, 0.3) is 0 Å². The predicted molar refractivity (Wildman–Crippen MR) is 84.5 cm³/mol. The summed E-state index contributed by atoms with van der Waals surface area (Å²) < 4.78 is 3.00. The summed E-state index contributed by atoms with van der Waals surface area (Å²) in [6.45, 7) is 3.19. The first-order valence-corrected chi connectivity index (χ1v) is 7.82. The lowest BCUT2D eigenvalue weighted by Gasteiger charge is -2.19. The predicted octanol–water partition coefficient (Wildman–Crippen LogP) is 3.25. The summed E-state index contributed by atoms with van der Waals surface area (Å²) >= 11 is 3.60. The molecular formula is C15H21BrN4. The Balaban J connectivity index is 2.08. The second kappa shape index (κ2) is 7.55. The van der Waals surface area contributed by atoms with Crippen LogP contribution in [0.2, 0.25) is 0 Å². The first kappa shape index (κ1) is 15.2. The highest BCUT2D eigenvalue weighted by atomic mass is 79.9. The smallest absolute Gasteiger partial charge is 0.0692 e. The largest absolute Gasteiger partial charge is 0.309 e. The Morgan fingerprint density at radius 3 is 2.85 bits per heavy atom. The lowest BCUT2D eigenvalue weighted by Crippen LogP contribution is -2.25. The molecule has 5 heteroatoms. The lowest BCUT2D eigenvalue weighted by atomic mass is 10.1. The molecule has 0 saturated carbocycles. The number of hydrogen-bond acceptors (Lipinski definition) is 3. The van der Waals surface area contributed by atoms with Gasteiger partial charge >= 0.3 is 0 Å². The molecule has 2 aromatic rings. The summed E-state index contributed by atoms with van der Waals surface area (Å²) in [7, 11) is 1.99. The van der Waals surface area contributed by atoms with Crippen LogP contribution in [0.3, 0.4) is 0 Å². The van der Waals surface area contributed by atoms with E-state index in [1.807, 2.05) is 36.3 Å². The Hall–Kier alpha value is -1.20. The summed E-state index contributed by atoms with van der Waals surface area (Å²) in [6.07, 6.45) is 6.80. The molecule has 4 nitrogen and oxygen atoms in total. The van der Waals surface area contributed by atoms with Gasteiger partial charge in [0.1, 0.15) is 0 Å². The molecule has 0 aromatic carbocycles. The van der Waals surface area contributed by atoms with Crippen LogP contribution in [-0.2, 0) is 13.5 Å². The minimum atomic E-state index is 0.291. The van der Waals surface area contributed by atoms with Crippen LogP contribution >= 0.6 is 15.9 Å². The molecule has 0 saturated heterocycles. The molecule has 0 radical (unpaired) electrons. The molecule has 2 aromatic heterocycles. The van der Waals surface area contributed by atoms with Crippen LogP contribution < -0.4 is 5.32 Å². The molecule has 108 valence electrons. The SMILES string of the molecule is CCCNC(CCc1ccccn1)c1c(Br)cnn1C. The summed E-state index contributed by atoms with van der Waals surface area (Å²) in [6, 6.07) is 6.36. The van der Waals surface area contributed by atoms with E-state index in [0.29, 0.717) is 6.04 Å². The number of nitrogens with zero attached hydrogens (tertiary/aromatic N) is 3. The van der Waals surface area contributed by atoms with Gasteiger partial charge in [-0.3, -0.25) is 9.67 Å². The Morgan fingerprint density at radius 1 is 1.40 bits per heavy atom. The van der Waals surface area contributed by atoms with Crippen molar-refractivity contribution in [3.8, 4) is 0 Å². The second-order valence-electron chi connectivity index (χ2n) is 4.87. The van der Waals surface area contributed by atoms with Crippen molar-refractivity contribution in [3.05, 3.63) is 46.5 Å². The van der Waals surface area contributed by atoms with Crippen LogP contribution in [0, 0.1) is 0 Å². The molecule has 0 fully saturated rings. The van der Waals surface area contributed by atoms with Crippen LogP contribution in [0.1, 0.15) is 37.2 Å². The topological polar surface area (TPSA) is 42.7 Å². The number of aromatic nitrogens is 3. The highest BCUT2D eigenvalue weighted by Gasteiger charge is 2.18. The van der Waals surface area contributed by atoms with Crippen molar-refractivity contribution in [2.24, 2.45) is 7.05 Å². The average molecular weight is 337 g/mol. The van der Waals surface area contributed by atoms with Crippen LogP contribution in [0.5, 0.6) is 0 Å². The molecule has 0 aliphatic carbocycles. The Labute approximate surface area is 128 Å². The minimum Gasteiger partial charge on any atom is -0.309 e. The Morgan fingerprint density at radius 2 is 2.25 bits per heavy atom. The highest BCUT2D eigenvalue weighted by Crippen LogP contribution is 2.26. The third kappa shape index (κ3) is 3.90. The number of halogens is 1. The van der Waals surface area contributed by atoms with Gasteiger partial charge in [-0.1, -0.05) is 13.0 Å². The summed E-state index contributed by atoms with van der Waals surface area (Å²) in [5, 5.41) is 7.92. The molecule has 0 spiro atoms. The van der Waals surface area contributed by atoms with Crippen LogP contribution in [-0.4, -0.2) is 21.3 Å². The van der Waals surface area contributed by atoms with Gasteiger partial charge in [0.15, 0.2) is 0 Å². The maximum atomic E-state index is 4.40. The van der Waals surface area contributed by atoms with E-state index in [0.717, 1.165) is 36.0 Å². The number of nitrogens with one attached hydrogen (secondary N) is 1. The maximum absolute atomic E-state index is 4.40. The van der Waals surface area contributed by atoms with Gasteiger partial charge in [0.2, 0.25) is 0 Å². The van der Waals surface area contributed by atoms with Gasteiger partial charge in [-0.15, -0.1) is 0 Å². The van der Waals surface area contributed by atoms with Crippen LogP contribution in [0.15, 0.2) is 35.1 Å². The van der Waals surface area contributed by atoms with E-state index in [1.165, 1.54) is 5.69 Å². The van der Waals surface area contributed by atoms with Gasteiger partial charge in [0.05, 0.1) is 22.4 Å². The number of rotatable bonds is 7. The van der Waals surface area contributed by atoms with Gasteiger partial charge in [0.25, 0.3) is 0 Å². The van der Waals surface area contributed by atoms with E-state index >= 15 is 0 Å². The van der Waals surface area contributed by atoms with Gasteiger partial charge in [-0.25, -0.2) is 0 Å². The molecular weight excluding hydrogens is 316 g/mol. The zero-order valence-electron chi connectivity index (χ0n) is 12.0. The van der Waals surface area contributed by atoms with E-state index in [4.69, 9.17) is 0 Å². The van der Waals surface area contributed by atoms with Crippen molar-refractivity contribution in [2.75, 3.05) is 6.54 Å². The Kier molecular flexibility index (Phi) is 5.73. The fourth-order valence-electron chi connectivity index (χ4n) is 2.30. The normalized spacial score (nSPS) is 12.6. The van der Waals surface area contributed by atoms with E-state index in [1.54, 1.807) is 0 Å². The van der Waals surface area contributed by atoms with Gasteiger partial charge < -0.3 is 5.32 Å². The average Bonchev–Trinajstić information content (AvgIpc) is 2.80. The van der Waals surface area contributed by atoms with Gasteiger partial charge in [-0.05, 0) is 53.9 Å². The van der Waals surface area contributed by atoms with E-state index in [2.05, 4.69) is 44.3 Å². The molecule has 0 aliphatic heterocycles. The molecule has 2 heterocycles. The molecule has 1 N–H and O–H groups in total. The van der Waals surface area contributed by atoms with Crippen molar-refractivity contribution in [1.82, 2.24) is 20.1 Å². The van der Waals surface area contributed by atoms with Gasteiger partial charge in [0, 0.05) is 18.9 Å². The van der Waals surface area contributed by atoms with Gasteiger partial charge in [-0.2, -0.15) is 5.10 Å². The van der Waals surface area contributed by atoms with Crippen LogP contribution in [0.4, 0.5) is 0 Å². The molecule has 20 heavy (non-hydrogen) atoms. The third-order valence-electron chi connectivity index (χ3n) is 3.32. The standard InChI is InChI=1S/C15H21BrN4/c1-3-9-18-14(15-13(16)11-19-20(15)2)8-7-12-6-4-5-10-17-12/h4-6,10-11,14,18H,3,7-9H2,1-2H3. The summed E-state index contributed by atoms with van der Waals surface area (Å²) in [4.78, 5) is 4.40. The van der Waals surface area contributed by atoms with Crippen molar-refractivity contribution in [3.63, 3.8) is 0 Å². The first-order chi connectivity index (χ1) is 9.72. The number of aryl methyl sites for hydroxylation is 2. The van der Waals surface area contributed by atoms with E-state index in [-0.39, 0.29) is 0 Å². The van der Waals surface area contributed by atoms with Crippen molar-refractivity contribution in [2.45, 2.75) is 32.2 Å². The van der Waals surface area contributed by atoms with Crippen molar-refractivity contribution < 1.29 is 0 Å². The quantitative estimate of drug-likeness (QED) is 0.843.